The Hall–Kier alpha value is -2.45. The summed E-state index contributed by atoms with van der Waals surface area (Å²) < 4.78 is 42.4. The number of nitrogens with one attached hydrogen (secondary N) is 2. The lowest BCUT2D eigenvalue weighted by atomic mass is 10.0. The van der Waals surface area contributed by atoms with Crippen molar-refractivity contribution in [3.63, 3.8) is 0 Å². The molecule has 0 bridgehead atoms. The van der Waals surface area contributed by atoms with Gasteiger partial charge in [-0.05, 0) is 54.3 Å². The molecule has 0 fully saturated rings. The van der Waals surface area contributed by atoms with Crippen molar-refractivity contribution < 1.29 is 22.3 Å². The number of hydrazine groups is 1. The molecule has 0 radical (unpaired) electrons. The predicted molar refractivity (Wildman–Crippen MR) is 95.6 cm³/mol. The van der Waals surface area contributed by atoms with Crippen molar-refractivity contribution in [2.45, 2.75) is 31.6 Å². The summed E-state index contributed by atoms with van der Waals surface area (Å²) in [5.74, 6) is -0.422. The van der Waals surface area contributed by atoms with Crippen LogP contribution in [-0.4, -0.2) is 20.9 Å². The summed E-state index contributed by atoms with van der Waals surface area (Å²) in [6.07, 6.45) is 0. The summed E-state index contributed by atoms with van der Waals surface area (Å²) in [6, 6.07) is 9.95. The number of halogens is 1. The Morgan fingerprint density at radius 1 is 1.15 bits per heavy atom. The molecule has 0 aliphatic carbocycles. The second kappa shape index (κ2) is 8.29. The molecule has 26 heavy (non-hydrogen) atoms. The molecule has 6 nitrogen and oxygen atoms in total. The molecular weight excluding hydrogens is 359 g/mol. The second-order valence-electron chi connectivity index (χ2n) is 6.09. The first-order valence-corrected chi connectivity index (χ1v) is 9.47. The third-order valence-electron chi connectivity index (χ3n) is 3.60. The van der Waals surface area contributed by atoms with E-state index >= 15 is 0 Å². The number of hydrogen-bond acceptors (Lipinski definition) is 4. The van der Waals surface area contributed by atoms with E-state index in [2.05, 4.69) is 5.43 Å². The van der Waals surface area contributed by atoms with Crippen molar-refractivity contribution in [3.05, 3.63) is 59.4 Å². The molecule has 0 spiro atoms. The van der Waals surface area contributed by atoms with E-state index in [0.717, 1.165) is 35.4 Å². The lowest BCUT2D eigenvalue weighted by Crippen LogP contribution is -2.43. The van der Waals surface area contributed by atoms with Gasteiger partial charge in [-0.2, -0.15) is 0 Å². The third kappa shape index (κ3) is 5.27. The summed E-state index contributed by atoms with van der Waals surface area (Å²) in [5, 5.41) is 0. The summed E-state index contributed by atoms with van der Waals surface area (Å²) >= 11 is 0. The Kier molecular flexibility index (Phi) is 6.33. The van der Waals surface area contributed by atoms with Crippen molar-refractivity contribution >= 4 is 15.9 Å². The minimum Gasteiger partial charge on any atom is -0.483 e. The molecular formula is C18H21FN2O4S. The van der Waals surface area contributed by atoms with Crippen LogP contribution in [0.1, 0.15) is 30.9 Å². The van der Waals surface area contributed by atoms with Crippen molar-refractivity contribution in [1.82, 2.24) is 10.3 Å². The van der Waals surface area contributed by atoms with Crippen LogP contribution in [0.25, 0.3) is 0 Å². The van der Waals surface area contributed by atoms with Crippen molar-refractivity contribution in [3.8, 4) is 5.75 Å². The van der Waals surface area contributed by atoms with Crippen LogP contribution in [0.4, 0.5) is 4.39 Å². The number of sulfonamides is 1. The Morgan fingerprint density at radius 2 is 1.81 bits per heavy atom. The quantitative estimate of drug-likeness (QED) is 0.723. The van der Waals surface area contributed by atoms with Gasteiger partial charge in [0.25, 0.3) is 15.9 Å². The Bertz CT molecular complexity index is 881. The number of benzene rings is 2. The van der Waals surface area contributed by atoms with Crippen LogP contribution >= 0.6 is 0 Å². The highest BCUT2D eigenvalue weighted by molar-refractivity contribution is 7.89. The fourth-order valence-corrected chi connectivity index (χ4v) is 3.08. The SMILES string of the molecule is Cc1ccc(C(C)C)c(OCC(=O)NNS(=O)(=O)c2ccc(F)cc2)c1. The summed E-state index contributed by atoms with van der Waals surface area (Å²) in [5.41, 5.74) is 4.02. The maximum absolute atomic E-state index is 12.9. The molecule has 0 heterocycles. The van der Waals surface area contributed by atoms with Gasteiger partial charge in [0.1, 0.15) is 11.6 Å². The van der Waals surface area contributed by atoms with Gasteiger partial charge in [0.05, 0.1) is 4.90 Å². The summed E-state index contributed by atoms with van der Waals surface area (Å²) in [6.45, 7) is 5.58. The lowest BCUT2D eigenvalue weighted by Gasteiger charge is -2.15. The molecule has 2 N–H and O–H groups in total. The van der Waals surface area contributed by atoms with Crippen molar-refractivity contribution in [2.24, 2.45) is 0 Å². The molecule has 0 saturated carbocycles. The monoisotopic (exact) mass is 380 g/mol. The van der Waals surface area contributed by atoms with E-state index in [4.69, 9.17) is 4.74 Å². The molecule has 0 unspecified atom stereocenters. The second-order valence-corrected chi connectivity index (χ2v) is 7.77. The Labute approximate surface area is 152 Å². The maximum atomic E-state index is 12.9. The third-order valence-corrected chi connectivity index (χ3v) is 4.86. The van der Waals surface area contributed by atoms with E-state index in [1.807, 2.05) is 43.8 Å². The number of ether oxygens (including phenoxy) is 1. The van der Waals surface area contributed by atoms with Gasteiger partial charge in [0, 0.05) is 0 Å². The summed E-state index contributed by atoms with van der Waals surface area (Å²) in [4.78, 5) is 13.7. The van der Waals surface area contributed by atoms with Crippen LogP contribution in [0.3, 0.4) is 0 Å². The Balaban J connectivity index is 1.95. The highest BCUT2D eigenvalue weighted by Gasteiger charge is 2.16. The molecule has 2 aromatic rings. The number of hydrogen-bond donors (Lipinski definition) is 2. The molecule has 140 valence electrons. The molecule has 2 aromatic carbocycles. The minimum atomic E-state index is -3.99. The maximum Gasteiger partial charge on any atom is 0.272 e. The number of aryl methyl sites for hydroxylation is 1. The van der Waals surface area contributed by atoms with Gasteiger partial charge in [-0.3, -0.25) is 10.2 Å². The molecule has 0 saturated heterocycles. The normalized spacial score (nSPS) is 11.4. The minimum absolute atomic E-state index is 0.166. The summed E-state index contributed by atoms with van der Waals surface area (Å²) in [7, 11) is -3.99. The highest BCUT2D eigenvalue weighted by Crippen LogP contribution is 2.27. The van der Waals surface area contributed by atoms with Crippen LogP contribution in [0, 0.1) is 12.7 Å². The van der Waals surface area contributed by atoms with Gasteiger partial charge in [-0.25, -0.2) is 12.8 Å². The molecule has 0 atom stereocenters. The predicted octanol–water partition coefficient (Wildman–Crippen LogP) is 2.65. The van der Waals surface area contributed by atoms with Crippen LogP contribution in [0.5, 0.6) is 5.75 Å². The van der Waals surface area contributed by atoms with Crippen LogP contribution in [0.2, 0.25) is 0 Å². The number of amides is 1. The first-order valence-electron chi connectivity index (χ1n) is 7.98. The fraction of sp³-hybridized carbons (Fsp3) is 0.278. The van der Waals surface area contributed by atoms with Crippen LogP contribution in [0.15, 0.2) is 47.4 Å². The fourth-order valence-electron chi connectivity index (χ4n) is 2.22. The van der Waals surface area contributed by atoms with Gasteiger partial charge in [0.15, 0.2) is 6.61 Å². The zero-order valence-corrected chi connectivity index (χ0v) is 15.6. The number of rotatable bonds is 7. The molecule has 0 aliphatic heterocycles. The van der Waals surface area contributed by atoms with E-state index in [1.54, 1.807) is 0 Å². The average Bonchev–Trinajstić information content (AvgIpc) is 2.58. The Morgan fingerprint density at radius 3 is 2.42 bits per heavy atom. The van der Waals surface area contributed by atoms with Gasteiger partial charge in [0.2, 0.25) is 0 Å². The number of carbonyl (C=O) groups is 1. The molecule has 8 heteroatoms. The standard InChI is InChI=1S/C18H21FN2O4S/c1-12(2)16-9-4-13(3)10-17(16)25-11-18(22)20-21-26(23,24)15-7-5-14(19)6-8-15/h4-10,12,21H,11H2,1-3H3,(H,20,22). The van der Waals surface area contributed by atoms with E-state index in [-0.39, 0.29) is 17.4 Å². The van der Waals surface area contributed by atoms with Gasteiger partial charge in [-0.1, -0.05) is 26.0 Å². The van der Waals surface area contributed by atoms with E-state index in [1.165, 1.54) is 0 Å². The van der Waals surface area contributed by atoms with Crippen LogP contribution in [-0.2, 0) is 14.8 Å². The molecule has 1 amide bonds. The van der Waals surface area contributed by atoms with E-state index in [0.29, 0.717) is 5.75 Å². The molecule has 0 aromatic heterocycles. The van der Waals surface area contributed by atoms with E-state index < -0.39 is 21.7 Å². The van der Waals surface area contributed by atoms with Crippen molar-refractivity contribution in [2.75, 3.05) is 6.61 Å². The largest absolute Gasteiger partial charge is 0.483 e. The van der Waals surface area contributed by atoms with Gasteiger partial charge in [-0.15, -0.1) is 4.83 Å². The molecule has 2 rings (SSSR count). The van der Waals surface area contributed by atoms with Gasteiger partial charge < -0.3 is 4.74 Å². The highest BCUT2D eigenvalue weighted by atomic mass is 32.2. The lowest BCUT2D eigenvalue weighted by molar-refractivity contribution is -0.123. The zero-order valence-electron chi connectivity index (χ0n) is 14.7. The van der Waals surface area contributed by atoms with Crippen molar-refractivity contribution in [1.29, 1.82) is 0 Å². The first-order chi connectivity index (χ1) is 12.2. The average molecular weight is 380 g/mol. The van der Waals surface area contributed by atoms with Gasteiger partial charge >= 0.3 is 0 Å². The van der Waals surface area contributed by atoms with Crippen LogP contribution < -0.4 is 15.0 Å². The molecule has 0 aliphatic rings. The smallest absolute Gasteiger partial charge is 0.272 e. The van der Waals surface area contributed by atoms with E-state index in [9.17, 15) is 17.6 Å². The topological polar surface area (TPSA) is 84.5 Å². The number of carbonyl (C=O) groups excluding carboxylic acids is 1. The zero-order chi connectivity index (χ0) is 19.3. The first kappa shape index (κ1) is 19.9.